The van der Waals surface area contributed by atoms with Crippen LogP contribution in [0.25, 0.3) is 11.2 Å². The van der Waals surface area contributed by atoms with Crippen molar-refractivity contribution in [3.8, 4) is 5.75 Å². The summed E-state index contributed by atoms with van der Waals surface area (Å²) >= 11 is 0. The number of halogens is 3. The van der Waals surface area contributed by atoms with Gasteiger partial charge in [0.05, 0.1) is 13.2 Å². The summed E-state index contributed by atoms with van der Waals surface area (Å²) in [6.07, 6.45) is 1.40. The van der Waals surface area contributed by atoms with Crippen LogP contribution in [0.1, 0.15) is 41.9 Å². The highest BCUT2D eigenvalue weighted by atomic mass is 19.4. The van der Waals surface area contributed by atoms with Gasteiger partial charge in [-0.05, 0) is 61.1 Å². The molecule has 0 saturated carbocycles. The van der Waals surface area contributed by atoms with Crippen molar-refractivity contribution in [2.75, 3.05) is 30.4 Å². The largest absolute Gasteiger partial charge is 0.497 e. The van der Waals surface area contributed by atoms with Crippen molar-refractivity contribution < 1.29 is 27.8 Å². The molecule has 1 aromatic carbocycles. The number of hydrogen-bond donors (Lipinski definition) is 2. The van der Waals surface area contributed by atoms with Crippen molar-refractivity contribution in [1.29, 1.82) is 0 Å². The average molecular weight is 572 g/mol. The Hall–Kier alpha value is -4.42. The Labute approximate surface area is 235 Å². The van der Waals surface area contributed by atoms with Crippen LogP contribution in [-0.2, 0) is 24.7 Å². The summed E-state index contributed by atoms with van der Waals surface area (Å²) in [6, 6.07) is 10.5. The van der Waals surface area contributed by atoms with Gasteiger partial charge in [-0.1, -0.05) is 19.1 Å². The van der Waals surface area contributed by atoms with Crippen LogP contribution < -0.4 is 15.0 Å². The van der Waals surface area contributed by atoms with Crippen molar-refractivity contribution in [2.24, 2.45) is 7.05 Å². The summed E-state index contributed by atoms with van der Waals surface area (Å²) in [5.74, 6) is 0.583. The number of anilines is 2. The van der Waals surface area contributed by atoms with Crippen LogP contribution in [0, 0.1) is 6.92 Å². The highest BCUT2D eigenvalue weighted by Crippen LogP contribution is 2.30. The molecule has 4 heterocycles. The number of imidazole rings is 1. The molecule has 1 aliphatic heterocycles. The first-order chi connectivity index (χ1) is 19.5. The first kappa shape index (κ1) is 29.6. The molecule has 1 aliphatic rings. The van der Waals surface area contributed by atoms with Crippen LogP contribution in [-0.4, -0.2) is 62.0 Å². The molecular weight excluding hydrogens is 539 g/mol. The molecule has 3 aromatic heterocycles. The summed E-state index contributed by atoms with van der Waals surface area (Å²) in [7, 11) is 3.73. The van der Waals surface area contributed by atoms with E-state index in [9.17, 15) is 13.2 Å². The summed E-state index contributed by atoms with van der Waals surface area (Å²) in [4.78, 5) is 30.1. The lowest BCUT2D eigenvalue weighted by Crippen LogP contribution is -2.28. The maximum Gasteiger partial charge on any atom is 0.490 e. The molecule has 0 aliphatic carbocycles. The molecule has 1 unspecified atom stereocenters. The Kier molecular flexibility index (Phi) is 8.94. The third kappa shape index (κ3) is 6.84. The Balaban J connectivity index is 0.000000493. The standard InChI is InChI=1S/C26H31N7O.C2HF3O2/c1-5-22(20-7-6-12-27-16-20)29-25-23-24(28-17(2)32(23)3)30-26(31-25)33-13-10-18-8-9-21(34-4)15-19(18)11-14-33;3-2(4,5)1(6)7/h6-9,12,15-16,22H,5,10-11,13-14H2,1-4H3,(H,29,30,31);(H,6,7). The topological polar surface area (TPSA) is 118 Å². The predicted octanol–water partition coefficient (Wildman–Crippen LogP) is 4.88. The number of rotatable bonds is 6. The van der Waals surface area contributed by atoms with Gasteiger partial charge in [0.2, 0.25) is 5.95 Å². The lowest BCUT2D eigenvalue weighted by atomic mass is 10.0. The van der Waals surface area contributed by atoms with E-state index in [2.05, 4.69) is 44.9 Å². The number of aromatic nitrogens is 5. The van der Waals surface area contributed by atoms with E-state index in [1.807, 2.05) is 32.3 Å². The van der Waals surface area contributed by atoms with Crippen molar-refractivity contribution in [1.82, 2.24) is 24.5 Å². The highest BCUT2D eigenvalue weighted by molar-refractivity contribution is 5.85. The van der Waals surface area contributed by atoms with E-state index in [0.29, 0.717) is 5.95 Å². The van der Waals surface area contributed by atoms with E-state index < -0.39 is 12.1 Å². The quantitative estimate of drug-likeness (QED) is 0.334. The van der Waals surface area contributed by atoms with E-state index in [-0.39, 0.29) is 6.04 Å². The summed E-state index contributed by atoms with van der Waals surface area (Å²) in [5.41, 5.74) is 5.47. The van der Waals surface area contributed by atoms with Gasteiger partial charge >= 0.3 is 12.1 Å². The molecule has 0 bridgehead atoms. The maximum atomic E-state index is 10.6. The Morgan fingerprint density at radius 2 is 1.85 bits per heavy atom. The molecule has 41 heavy (non-hydrogen) atoms. The van der Waals surface area contributed by atoms with Gasteiger partial charge < -0.3 is 24.6 Å². The van der Waals surface area contributed by atoms with E-state index in [4.69, 9.17) is 29.6 Å². The minimum atomic E-state index is -5.08. The van der Waals surface area contributed by atoms with Crippen LogP contribution >= 0.6 is 0 Å². The number of fused-ring (bicyclic) bond motifs is 2. The van der Waals surface area contributed by atoms with Crippen LogP contribution in [0.4, 0.5) is 24.9 Å². The normalized spacial score (nSPS) is 14.0. The SMILES string of the molecule is CCC(Nc1nc(N2CCc3ccc(OC)cc3CC2)nc2nc(C)n(C)c12)c1cccnc1.O=C(O)C(F)(F)F. The number of carboxylic acid groups (broad SMARTS) is 1. The van der Waals surface area contributed by atoms with E-state index >= 15 is 0 Å². The van der Waals surface area contributed by atoms with Gasteiger partial charge in [0.25, 0.3) is 0 Å². The first-order valence-corrected chi connectivity index (χ1v) is 13.1. The van der Waals surface area contributed by atoms with Crippen molar-refractivity contribution in [3.05, 3.63) is 65.2 Å². The first-order valence-electron chi connectivity index (χ1n) is 13.1. The lowest BCUT2D eigenvalue weighted by molar-refractivity contribution is -0.192. The second kappa shape index (κ2) is 12.4. The fourth-order valence-electron chi connectivity index (χ4n) is 4.65. The Morgan fingerprint density at radius 1 is 1.15 bits per heavy atom. The Morgan fingerprint density at radius 3 is 2.46 bits per heavy atom. The second-order valence-corrected chi connectivity index (χ2v) is 9.58. The molecule has 0 spiro atoms. The van der Waals surface area contributed by atoms with Gasteiger partial charge in [0.1, 0.15) is 17.1 Å². The van der Waals surface area contributed by atoms with E-state index in [1.165, 1.54) is 11.1 Å². The van der Waals surface area contributed by atoms with E-state index in [0.717, 1.165) is 66.5 Å². The number of hydrogen-bond acceptors (Lipinski definition) is 8. The van der Waals surface area contributed by atoms with Gasteiger partial charge in [0.15, 0.2) is 11.5 Å². The molecule has 0 fully saturated rings. The van der Waals surface area contributed by atoms with Crippen LogP contribution in [0.5, 0.6) is 5.75 Å². The highest BCUT2D eigenvalue weighted by Gasteiger charge is 2.38. The fourth-order valence-corrected chi connectivity index (χ4v) is 4.65. The zero-order valence-corrected chi connectivity index (χ0v) is 23.2. The number of methoxy groups -OCH3 is 1. The van der Waals surface area contributed by atoms with Crippen LogP contribution in [0.2, 0.25) is 0 Å². The van der Waals surface area contributed by atoms with Gasteiger partial charge in [0, 0.05) is 32.5 Å². The van der Waals surface area contributed by atoms with Crippen molar-refractivity contribution in [2.45, 2.75) is 45.3 Å². The number of aryl methyl sites for hydroxylation is 2. The summed E-state index contributed by atoms with van der Waals surface area (Å²) in [5, 5.41) is 10.8. The third-order valence-corrected chi connectivity index (χ3v) is 6.99. The predicted molar refractivity (Wildman–Crippen MR) is 148 cm³/mol. The zero-order valence-electron chi connectivity index (χ0n) is 23.2. The van der Waals surface area contributed by atoms with Gasteiger partial charge in [-0.3, -0.25) is 4.98 Å². The van der Waals surface area contributed by atoms with E-state index in [1.54, 1.807) is 13.3 Å². The van der Waals surface area contributed by atoms with Crippen molar-refractivity contribution in [3.63, 3.8) is 0 Å². The molecule has 10 nitrogen and oxygen atoms in total. The number of nitrogens with zero attached hydrogens (tertiary/aromatic N) is 6. The van der Waals surface area contributed by atoms with Gasteiger partial charge in [-0.25, -0.2) is 9.78 Å². The van der Waals surface area contributed by atoms with Gasteiger partial charge in [-0.15, -0.1) is 0 Å². The number of alkyl halides is 3. The Bertz CT molecular complexity index is 1510. The number of nitrogens with one attached hydrogen (secondary N) is 1. The smallest absolute Gasteiger partial charge is 0.490 e. The monoisotopic (exact) mass is 571 g/mol. The van der Waals surface area contributed by atoms with Crippen LogP contribution in [0.15, 0.2) is 42.7 Å². The molecule has 0 amide bonds. The number of carboxylic acids is 1. The zero-order chi connectivity index (χ0) is 29.7. The molecule has 218 valence electrons. The third-order valence-electron chi connectivity index (χ3n) is 6.99. The summed E-state index contributed by atoms with van der Waals surface area (Å²) in [6.45, 7) is 5.87. The average Bonchev–Trinajstić information content (AvgIpc) is 3.11. The molecule has 13 heteroatoms. The second-order valence-electron chi connectivity index (χ2n) is 9.58. The lowest BCUT2D eigenvalue weighted by Gasteiger charge is -2.23. The number of pyridine rings is 1. The summed E-state index contributed by atoms with van der Waals surface area (Å²) < 4.78 is 39.2. The minimum absolute atomic E-state index is 0.0932. The van der Waals surface area contributed by atoms with Gasteiger partial charge in [-0.2, -0.15) is 23.1 Å². The molecule has 1 atom stereocenters. The number of ether oxygens (including phenoxy) is 1. The number of aliphatic carboxylic acids is 1. The molecule has 0 saturated heterocycles. The number of carbonyl (C=O) groups is 1. The van der Waals surface area contributed by atoms with Crippen molar-refractivity contribution >= 4 is 28.9 Å². The fraction of sp³-hybridized carbons (Fsp3) is 0.393. The molecule has 2 N–H and O–H groups in total. The molecule has 0 radical (unpaired) electrons. The molecule has 5 rings (SSSR count). The molecule has 4 aromatic rings. The maximum absolute atomic E-state index is 10.6. The minimum Gasteiger partial charge on any atom is -0.497 e. The van der Waals surface area contributed by atoms with Crippen LogP contribution in [0.3, 0.4) is 0 Å². The number of benzene rings is 1. The molecular formula is C28H32F3N7O3.